The van der Waals surface area contributed by atoms with Crippen molar-refractivity contribution in [3.8, 4) is 5.75 Å². The molecule has 0 spiro atoms. The fraction of sp³-hybridized carbons (Fsp3) is 0.524. The summed E-state index contributed by atoms with van der Waals surface area (Å²) in [7, 11) is 1.55. The zero-order valence-electron chi connectivity index (χ0n) is 17.8. The Morgan fingerprint density at radius 1 is 1.34 bits per heavy atom. The van der Waals surface area contributed by atoms with Crippen LogP contribution in [0.25, 0.3) is 0 Å². The summed E-state index contributed by atoms with van der Waals surface area (Å²) in [5.74, 6) is 0.0172. The van der Waals surface area contributed by atoms with Crippen molar-refractivity contribution in [2.24, 2.45) is 5.92 Å². The van der Waals surface area contributed by atoms with Crippen molar-refractivity contribution in [1.29, 1.82) is 0 Å². The highest BCUT2D eigenvalue weighted by Gasteiger charge is 2.35. The van der Waals surface area contributed by atoms with Gasteiger partial charge in [-0.25, -0.2) is 0 Å². The molecule has 2 N–H and O–H groups in total. The Morgan fingerprint density at radius 2 is 2.03 bits per heavy atom. The van der Waals surface area contributed by atoms with E-state index < -0.39 is 30.4 Å². The molecule has 1 aliphatic rings. The van der Waals surface area contributed by atoms with Crippen molar-refractivity contribution >= 4 is 23.2 Å². The third kappa shape index (κ3) is 5.66. The molecule has 0 aliphatic carbocycles. The Balaban J connectivity index is 1.72. The molecular formula is C21H26ClF3N4O3. The van der Waals surface area contributed by atoms with E-state index in [0.717, 1.165) is 11.8 Å². The molecule has 1 unspecified atom stereocenters. The Kier molecular flexibility index (Phi) is 7.55. The molecule has 1 fully saturated rings. The molecular weight excluding hydrogens is 449 g/mol. The predicted octanol–water partition coefficient (Wildman–Crippen LogP) is 3.27. The lowest BCUT2D eigenvalue weighted by molar-refractivity contribution is -0.141. The quantitative estimate of drug-likeness (QED) is 0.644. The molecule has 2 aromatic rings. The van der Waals surface area contributed by atoms with E-state index in [2.05, 4.69) is 15.3 Å². The highest BCUT2D eigenvalue weighted by atomic mass is 35.5. The molecule has 11 heteroatoms. The first kappa shape index (κ1) is 24.2. The van der Waals surface area contributed by atoms with Gasteiger partial charge in [-0.15, -0.1) is 0 Å². The van der Waals surface area contributed by atoms with Gasteiger partial charge >= 0.3 is 6.18 Å². The molecule has 1 atom stereocenters. The summed E-state index contributed by atoms with van der Waals surface area (Å²) in [6.07, 6.45) is -3.13. The van der Waals surface area contributed by atoms with Gasteiger partial charge in [0.1, 0.15) is 12.4 Å². The van der Waals surface area contributed by atoms with Crippen LogP contribution in [0.3, 0.4) is 0 Å². The van der Waals surface area contributed by atoms with E-state index >= 15 is 0 Å². The molecule has 176 valence electrons. The molecule has 1 aromatic heterocycles. The number of carbonyl (C=O) groups is 1. The molecule has 0 radical (unpaired) electrons. The van der Waals surface area contributed by atoms with Crippen LogP contribution < -0.4 is 15.0 Å². The van der Waals surface area contributed by atoms with E-state index in [1.165, 1.54) is 4.68 Å². The highest BCUT2D eigenvalue weighted by Crippen LogP contribution is 2.33. The SMILES string of the molecule is COc1cc(N2CCC(C(Cn3nc(C(F)(F)F)cc3C)NC(=O)CO)CC2)ccc1Cl. The highest BCUT2D eigenvalue weighted by molar-refractivity contribution is 6.32. The molecule has 32 heavy (non-hydrogen) atoms. The number of halogens is 4. The first-order valence-corrected chi connectivity index (χ1v) is 10.6. The molecule has 3 rings (SSSR count). The van der Waals surface area contributed by atoms with Crippen molar-refractivity contribution in [2.45, 2.75) is 38.5 Å². The third-order valence-electron chi connectivity index (χ3n) is 5.74. The predicted molar refractivity (Wildman–Crippen MR) is 114 cm³/mol. The zero-order chi connectivity index (χ0) is 23.5. The number of hydrogen-bond acceptors (Lipinski definition) is 5. The van der Waals surface area contributed by atoms with Gasteiger partial charge in [-0.3, -0.25) is 9.48 Å². The van der Waals surface area contributed by atoms with Gasteiger partial charge in [-0.2, -0.15) is 18.3 Å². The van der Waals surface area contributed by atoms with Crippen LogP contribution in [0.1, 0.15) is 24.2 Å². The molecule has 2 heterocycles. The molecule has 1 saturated heterocycles. The molecule has 1 aromatic carbocycles. The largest absolute Gasteiger partial charge is 0.495 e. The van der Waals surface area contributed by atoms with E-state index in [1.54, 1.807) is 20.1 Å². The van der Waals surface area contributed by atoms with Crippen LogP contribution in [0.2, 0.25) is 5.02 Å². The minimum Gasteiger partial charge on any atom is -0.495 e. The second kappa shape index (κ2) is 9.99. The maximum Gasteiger partial charge on any atom is 0.435 e. The van der Waals surface area contributed by atoms with Gasteiger partial charge < -0.3 is 20.1 Å². The van der Waals surface area contributed by atoms with Crippen LogP contribution >= 0.6 is 11.6 Å². The van der Waals surface area contributed by atoms with E-state index in [9.17, 15) is 18.0 Å². The van der Waals surface area contributed by atoms with Crippen LogP contribution in [0.4, 0.5) is 18.9 Å². The van der Waals surface area contributed by atoms with Gasteiger partial charge in [-0.05, 0) is 43.9 Å². The summed E-state index contributed by atoms with van der Waals surface area (Å²) in [4.78, 5) is 14.1. The first-order chi connectivity index (χ1) is 15.1. The number of piperidine rings is 1. The van der Waals surface area contributed by atoms with E-state index in [1.807, 2.05) is 12.1 Å². The van der Waals surface area contributed by atoms with E-state index in [-0.39, 0.29) is 12.5 Å². The van der Waals surface area contributed by atoms with Gasteiger partial charge in [0.2, 0.25) is 5.91 Å². The Morgan fingerprint density at radius 3 is 2.59 bits per heavy atom. The lowest BCUT2D eigenvalue weighted by Gasteiger charge is -2.37. The Bertz CT molecular complexity index is 943. The number of ether oxygens (including phenoxy) is 1. The molecule has 7 nitrogen and oxygen atoms in total. The minimum atomic E-state index is -4.54. The number of aromatic nitrogens is 2. The number of methoxy groups -OCH3 is 1. The van der Waals surface area contributed by atoms with Gasteiger partial charge in [-0.1, -0.05) is 11.6 Å². The number of anilines is 1. The monoisotopic (exact) mass is 474 g/mol. The number of carbonyl (C=O) groups excluding carboxylic acids is 1. The zero-order valence-corrected chi connectivity index (χ0v) is 18.6. The van der Waals surface area contributed by atoms with Gasteiger partial charge in [0.05, 0.1) is 24.7 Å². The van der Waals surface area contributed by atoms with Gasteiger partial charge in [0.25, 0.3) is 0 Å². The van der Waals surface area contributed by atoms with Crippen molar-refractivity contribution in [3.05, 3.63) is 40.7 Å². The fourth-order valence-electron chi connectivity index (χ4n) is 3.99. The third-order valence-corrected chi connectivity index (χ3v) is 6.05. The molecule has 0 saturated carbocycles. The number of alkyl halides is 3. The number of amides is 1. The number of rotatable bonds is 7. The Labute approximate surface area is 189 Å². The standard InChI is InChI=1S/C21H26ClF3N4O3/c1-13-9-19(21(23,24)25)27-29(13)11-17(26-20(31)12-30)14-5-7-28(8-6-14)15-3-4-16(22)18(10-15)32-2/h3-4,9-10,14,17,30H,5-8,11-12H2,1-2H3,(H,26,31). The molecule has 0 bridgehead atoms. The van der Waals surface area contributed by atoms with Crippen LogP contribution in [-0.2, 0) is 17.5 Å². The van der Waals surface area contributed by atoms with Gasteiger partial charge in [0.15, 0.2) is 5.69 Å². The van der Waals surface area contributed by atoms with E-state index in [0.29, 0.717) is 42.4 Å². The van der Waals surface area contributed by atoms with Crippen molar-refractivity contribution in [2.75, 3.05) is 31.7 Å². The maximum atomic E-state index is 13.0. The summed E-state index contributed by atoms with van der Waals surface area (Å²) in [5, 5.41) is 16.1. The Hall–Kier alpha value is -2.46. The topological polar surface area (TPSA) is 79.6 Å². The average molecular weight is 475 g/mol. The summed E-state index contributed by atoms with van der Waals surface area (Å²) < 4.78 is 45.6. The number of aliphatic hydroxyl groups excluding tert-OH is 1. The minimum absolute atomic E-state index is 0.00822. The lowest BCUT2D eigenvalue weighted by Crippen LogP contribution is -2.48. The van der Waals surface area contributed by atoms with Crippen molar-refractivity contribution < 1.29 is 27.8 Å². The smallest absolute Gasteiger partial charge is 0.435 e. The second-order valence-electron chi connectivity index (χ2n) is 7.83. The normalized spacial score (nSPS) is 16.2. The number of hydrogen-bond donors (Lipinski definition) is 2. The van der Waals surface area contributed by atoms with Crippen LogP contribution in [0.15, 0.2) is 24.3 Å². The van der Waals surface area contributed by atoms with E-state index in [4.69, 9.17) is 21.4 Å². The van der Waals surface area contributed by atoms with Crippen LogP contribution in [0.5, 0.6) is 5.75 Å². The summed E-state index contributed by atoms with van der Waals surface area (Å²) in [6, 6.07) is 6.06. The number of benzene rings is 1. The van der Waals surface area contributed by atoms with Crippen molar-refractivity contribution in [1.82, 2.24) is 15.1 Å². The molecule has 1 aliphatic heterocycles. The number of aryl methyl sites for hydroxylation is 1. The number of nitrogens with zero attached hydrogens (tertiary/aromatic N) is 3. The van der Waals surface area contributed by atoms with Crippen LogP contribution in [-0.4, -0.2) is 53.6 Å². The summed E-state index contributed by atoms with van der Waals surface area (Å²) in [6.45, 7) is 2.32. The summed E-state index contributed by atoms with van der Waals surface area (Å²) in [5.41, 5.74) is 0.346. The second-order valence-corrected chi connectivity index (χ2v) is 8.23. The maximum absolute atomic E-state index is 13.0. The fourth-order valence-corrected chi connectivity index (χ4v) is 4.18. The van der Waals surface area contributed by atoms with Gasteiger partial charge in [0, 0.05) is 30.5 Å². The van der Waals surface area contributed by atoms with Crippen LogP contribution in [0, 0.1) is 12.8 Å². The first-order valence-electron chi connectivity index (χ1n) is 10.2. The number of aliphatic hydroxyl groups is 1. The number of nitrogens with one attached hydrogen (secondary N) is 1. The molecule has 1 amide bonds. The lowest BCUT2D eigenvalue weighted by atomic mass is 9.88. The summed E-state index contributed by atoms with van der Waals surface area (Å²) >= 11 is 6.10. The van der Waals surface area contributed by atoms with Crippen molar-refractivity contribution in [3.63, 3.8) is 0 Å². The average Bonchev–Trinajstić information content (AvgIpc) is 3.14.